The largest absolute Gasteiger partial charge is 0.456 e. The number of carbonyl (C=O) groups is 5. The second kappa shape index (κ2) is 16.6. The summed E-state index contributed by atoms with van der Waals surface area (Å²) in [5, 5.41) is 40.8. The lowest BCUT2D eigenvalue weighted by Crippen LogP contribution is -2.82. The number of ketones is 1. The number of benzene rings is 3. The van der Waals surface area contributed by atoms with Gasteiger partial charge in [0.15, 0.2) is 23.6 Å². The van der Waals surface area contributed by atoms with E-state index in [-0.39, 0.29) is 36.3 Å². The van der Waals surface area contributed by atoms with Crippen LogP contribution in [-0.4, -0.2) is 99.4 Å². The molecule has 0 aromatic heterocycles. The minimum atomic E-state index is -2.33. The molecular formula is C47H53NO13. The summed E-state index contributed by atoms with van der Waals surface area (Å²) in [5.41, 5.74) is -5.83. The summed E-state index contributed by atoms with van der Waals surface area (Å²) in [5.74, 6) is -5.92. The molecule has 2 saturated carbocycles. The first-order valence-electron chi connectivity index (χ1n) is 20.5. The number of aliphatic hydroxyl groups is 3. The summed E-state index contributed by atoms with van der Waals surface area (Å²) in [7, 11) is 0. The van der Waals surface area contributed by atoms with Crippen molar-refractivity contribution in [2.24, 2.45) is 16.7 Å². The molecule has 3 aliphatic carbocycles. The number of carbonyl (C=O) groups excluding carboxylic acids is 5. The Bertz CT molecular complexity index is 2190. The van der Waals surface area contributed by atoms with E-state index in [1.807, 2.05) is 30.3 Å². The molecule has 3 fully saturated rings. The van der Waals surface area contributed by atoms with Crippen LogP contribution in [0.25, 0.3) is 0 Å². The van der Waals surface area contributed by atoms with Gasteiger partial charge in [0.05, 0.1) is 35.6 Å². The third-order valence-corrected chi connectivity index (χ3v) is 13.5. The van der Waals surface area contributed by atoms with Crippen LogP contribution in [-0.2, 0) is 49.4 Å². The van der Waals surface area contributed by atoms with Crippen molar-refractivity contribution in [1.29, 1.82) is 0 Å². The molecule has 3 aromatic carbocycles. The molecule has 14 nitrogen and oxygen atoms in total. The highest BCUT2D eigenvalue weighted by atomic mass is 16.6. The number of esters is 4. The first-order chi connectivity index (χ1) is 28.9. The SMILES string of the molecule is CC(=O)O[C@H]1C(=O)[C@@]2(C)[C@H]([C@H](OC(=O)c3ccccc3)[C@]3(O)CC(OC(=O)[C@H](O)[C@@H](NCc4ccccc4)c4ccccc4)C(C)=C1C3(C)C)[C@]1(OC(C)=O)CO[C@@H]1C[C@@H]2O. The number of hydrogen-bond donors (Lipinski definition) is 4. The van der Waals surface area contributed by atoms with Crippen LogP contribution in [0.3, 0.4) is 0 Å². The molecule has 0 amide bonds. The fraction of sp³-hybridized carbons (Fsp3) is 0.468. The Morgan fingerprint density at radius 3 is 2.05 bits per heavy atom. The monoisotopic (exact) mass is 839 g/mol. The summed E-state index contributed by atoms with van der Waals surface area (Å²) in [6.07, 6.45) is -9.93. The summed E-state index contributed by atoms with van der Waals surface area (Å²) < 4.78 is 30.4. The molecule has 3 aromatic rings. The first kappa shape index (κ1) is 43.8. The van der Waals surface area contributed by atoms with Gasteiger partial charge in [0.2, 0.25) is 0 Å². The van der Waals surface area contributed by atoms with Crippen molar-refractivity contribution in [1.82, 2.24) is 5.32 Å². The highest BCUT2D eigenvalue weighted by Crippen LogP contribution is 2.64. The smallest absolute Gasteiger partial charge is 0.338 e. The third kappa shape index (κ3) is 7.48. The van der Waals surface area contributed by atoms with Gasteiger partial charge in [-0.3, -0.25) is 14.4 Å². The number of fused-ring (bicyclic) bond motifs is 5. The number of hydrogen-bond acceptors (Lipinski definition) is 14. The number of Topliss-reactive ketones (excluding diaryl/α,β-unsaturated/α-hetero) is 1. The highest BCUT2D eigenvalue weighted by molar-refractivity contribution is 5.95. The molecule has 1 saturated heterocycles. The Kier molecular flexibility index (Phi) is 11.9. The Hall–Kier alpha value is -5.25. The Morgan fingerprint density at radius 1 is 0.869 bits per heavy atom. The van der Waals surface area contributed by atoms with E-state index in [4.69, 9.17) is 23.7 Å². The van der Waals surface area contributed by atoms with Gasteiger partial charge in [0.1, 0.15) is 23.9 Å². The van der Waals surface area contributed by atoms with E-state index in [9.17, 15) is 34.5 Å². The molecule has 4 N–H and O–H groups in total. The van der Waals surface area contributed by atoms with Gasteiger partial charge in [-0.1, -0.05) is 92.7 Å². The Labute approximate surface area is 354 Å². The van der Waals surface area contributed by atoms with E-state index in [0.29, 0.717) is 5.56 Å². The minimum absolute atomic E-state index is 0.0525. The molecule has 324 valence electrons. The van der Waals surface area contributed by atoms with Crippen molar-refractivity contribution >= 4 is 29.7 Å². The summed E-state index contributed by atoms with van der Waals surface area (Å²) in [4.78, 5) is 70.0. The lowest BCUT2D eigenvalue weighted by atomic mass is 9.44. The standard InChI is InChI=1S/C47H53NO13/c1-26-32(59-43(55)37(52)36(30-18-12-8-13-19-30)48-24-29-16-10-7-11-17-29)23-47(56)41(60-42(54)31-20-14-9-15-21-31)39-45(6,33(51)22-34-46(39,25-57-34)61-28(3)50)40(53)38(58-27(2)49)35(26)44(47,4)5/h7-21,32-34,36-39,41,48,51-52,56H,22-25H2,1-6H3/t32?,33-,34+,36-,37+,38+,39-,41-,45+,46-,47+/m0/s1. The van der Waals surface area contributed by atoms with Crippen molar-refractivity contribution in [3.05, 3.63) is 119 Å². The fourth-order valence-corrected chi connectivity index (χ4v) is 10.3. The molecule has 0 radical (unpaired) electrons. The van der Waals surface area contributed by atoms with Crippen LogP contribution in [0.4, 0.5) is 0 Å². The van der Waals surface area contributed by atoms with Gasteiger partial charge in [-0.2, -0.15) is 0 Å². The van der Waals surface area contributed by atoms with E-state index < -0.39 is 107 Å². The molecular weight excluding hydrogens is 787 g/mol. The van der Waals surface area contributed by atoms with Crippen LogP contribution in [0.15, 0.2) is 102 Å². The van der Waals surface area contributed by atoms with Crippen molar-refractivity contribution in [2.75, 3.05) is 6.61 Å². The average Bonchev–Trinajstić information content (AvgIpc) is 3.22. The number of rotatable bonds is 11. The van der Waals surface area contributed by atoms with Gasteiger partial charge in [-0.15, -0.1) is 0 Å². The van der Waals surface area contributed by atoms with Gasteiger partial charge in [-0.05, 0) is 48.3 Å². The predicted molar refractivity (Wildman–Crippen MR) is 217 cm³/mol. The molecule has 1 heterocycles. The van der Waals surface area contributed by atoms with E-state index in [1.165, 1.54) is 26.0 Å². The number of nitrogens with one attached hydrogen (secondary N) is 1. The molecule has 14 heteroatoms. The molecule has 1 aliphatic heterocycles. The zero-order valence-electron chi connectivity index (χ0n) is 35.0. The van der Waals surface area contributed by atoms with Crippen LogP contribution in [0.1, 0.15) is 81.9 Å². The first-order valence-corrected chi connectivity index (χ1v) is 20.5. The number of aliphatic hydroxyl groups excluding tert-OH is 2. The lowest BCUT2D eigenvalue weighted by Gasteiger charge is -2.67. The van der Waals surface area contributed by atoms with Crippen LogP contribution >= 0.6 is 0 Å². The zero-order valence-corrected chi connectivity index (χ0v) is 35.0. The Balaban J connectivity index is 1.38. The maximum Gasteiger partial charge on any atom is 0.338 e. The van der Waals surface area contributed by atoms with Gasteiger partial charge < -0.3 is 44.3 Å². The second-order valence-corrected chi connectivity index (χ2v) is 17.4. The van der Waals surface area contributed by atoms with E-state index >= 15 is 4.79 Å². The lowest BCUT2D eigenvalue weighted by molar-refractivity contribution is -0.346. The molecule has 2 bridgehead atoms. The summed E-state index contributed by atoms with van der Waals surface area (Å²) in [6, 6.07) is 25.2. The average molecular weight is 840 g/mol. The normalized spacial score (nSPS) is 32.3. The van der Waals surface area contributed by atoms with E-state index in [2.05, 4.69) is 5.32 Å². The van der Waals surface area contributed by atoms with Crippen molar-refractivity contribution < 1.29 is 63.0 Å². The van der Waals surface area contributed by atoms with Crippen molar-refractivity contribution in [2.45, 2.75) is 115 Å². The van der Waals surface area contributed by atoms with Crippen LogP contribution in [0, 0.1) is 16.7 Å². The Morgan fingerprint density at radius 2 is 1.48 bits per heavy atom. The number of ether oxygens (including phenoxy) is 5. The maximum absolute atomic E-state index is 15.5. The summed E-state index contributed by atoms with van der Waals surface area (Å²) >= 11 is 0. The van der Waals surface area contributed by atoms with Crippen molar-refractivity contribution in [3.8, 4) is 0 Å². The maximum atomic E-state index is 15.5. The van der Waals surface area contributed by atoms with Gasteiger partial charge in [-0.25, -0.2) is 9.59 Å². The van der Waals surface area contributed by atoms with Gasteiger partial charge >= 0.3 is 23.9 Å². The molecule has 61 heavy (non-hydrogen) atoms. The third-order valence-electron chi connectivity index (χ3n) is 13.5. The zero-order chi connectivity index (χ0) is 44.1. The van der Waals surface area contributed by atoms with Gasteiger partial charge in [0.25, 0.3) is 0 Å². The van der Waals surface area contributed by atoms with Crippen LogP contribution < -0.4 is 5.32 Å². The van der Waals surface area contributed by atoms with Crippen molar-refractivity contribution in [3.63, 3.8) is 0 Å². The van der Waals surface area contributed by atoms with E-state index in [0.717, 1.165) is 12.5 Å². The molecule has 7 rings (SSSR count). The molecule has 4 aliphatic rings. The fourth-order valence-electron chi connectivity index (χ4n) is 10.3. The quantitative estimate of drug-likeness (QED) is 0.122. The molecule has 11 atom stereocenters. The molecule has 1 unspecified atom stereocenters. The summed E-state index contributed by atoms with van der Waals surface area (Å²) in [6.45, 7) is 8.49. The van der Waals surface area contributed by atoms with Gasteiger partial charge in [0, 0.05) is 38.6 Å². The van der Waals surface area contributed by atoms with Crippen LogP contribution in [0.2, 0.25) is 0 Å². The van der Waals surface area contributed by atoms with E-state index in [1.54, 1.807) is 69.3 Å². The van der Waals surface area contributed by atoms with Crippen LogP contribution in [0.5, 0.6) is 0 Å². The minimum Gasteiger partial charge on any atom is -0.456 e. The molecule has 0 spiro atoms. The highest BCUT2D eigenvalue weighted by Gasteiger charge is 2.78. The second-order valence-electron chi connectivity index (χ2n) is 17.4. The topological polar surface area (TPSA) is 204 Å². The predicted octanol–water partition coefficient (Wildman–Crippen LogP) is 4.10.